The van der Waals surface area contributed by atoms with E-state index in [0.717, 1.165) is 24.5 Å². The number of ether oxygens (including phenoxy) is 1. The summed E-state index contributed by atoms with van der Waals surface area (Å²) in [6.45, 7) is 0.855. The predicted octanol–water partition coefficient (Wildman–Crippen LogP) is 1.23. The molecule has 1 heterocycles. The van der Waals surface area contributed by atoms with Crippen LogP contribution in [0.4, 0.5) is 0 Å². The van der Waals surface area contributed by atoms with E-state index < -0.39 is 29.1 Å². The third-order valence-corrected chi connectivity index (χ3v) is 5.01. The molecule has 1 aromatic heterocycles. The van der Waals surface area contributed by atoms with E-state index in [1.807, 2.05) is 30.3 Å². The number of carbonyl (C=O) groups is 1. The predicted molar refractivity (Wildman–Crippen MR) is 120 cm³/mol. The molecule has 0 saturated heterocycles. The normalized spacial score (nSPS) is 11.5. The van der Waals surface area contributed by atoms with Crippen LogP contribution in [0.15, 0.2) is 56.8 Å². The van der Waals surface area contributed by atoms with Crippen LogP contribution in [0.3, 0.4) is 0 Å². The molecule has 3 rings (SSSR count). The fourth-order valence-electron chi connectivity index (χ4n) is 3.36. The molecule has 0 bridgehead atoms. The van der Waals surface area contributed by atoms with Crippen molar-refractivity contribution in [1.82, 2.24) is 13.7 Å². The van der Waals surface area contributed by atoms with Gasteiger partial charge in [-0.2, -0.15) is 0 Å². The van der Waals surface area contributed by atoms with Crippen molar-refractivity contribution in [3.8, 4) is 24.7 Å². The van der Waals surface area contributed by atoms with Crippen LogP contribution in [-0.4, -0.2) is 25.8 Å². The summed E-state index contributed by atoms with van der Waals surface area (Å²) < 4.78 is 7.94. The number of hydrogen-bond acceptors (Lipinski definition) is 5. The highest BCUT2D eigenvalue weighted by atomic mass is 16.5. The van der Waals surface area contributed by atoms with Gasteiger partial charge in [-0.15, -0.1) is 12.8 Å². The van der Waals surface area contributed by atoms with Crippen LogP contribution in [0.5, 0.6) is 0 Å². The quantitative estimate of drug-likeness (QED) is 0.414. The number of nitrogens with zero attached hydrogens (tertiary/aromatic N) is 3. The van der Waals surface area contributed by atoms with Crippen LogP contribution in [0.2, 0.25) is 0 Å². The molecule has 0 aliphatic heterocycles. The average molecular weight is 431 g/mol. The number of terminal acetylenes is 2. The Morgan fingerprint density at radius 3 is 2.06 bits per heavy atom. The number of carbonyl (C=O) groups excluding carboxylic acids is 1. The van der Waals surface area contributed by atoms with Crippen molar-refractivity contribution in [2.45, 2.75) is 39.1 Å². The summed E-state index contributed by atoms with van der Waals surface area (Å²) in [5, 5.41) is 1.61. The van der Waals surface area contributed by atoms with E-state index in [2.05, 4.69) is 11.8 Å². The number of hydrogen-bond donors (Lipinski definition) is 0. The lowest BCUT2D eigenvalue weighted by molar-refractivity contribution is 0.0245. The topological polar surface area (TPSA) is 92.3 Å². The Bertz CT molecular complexity index is 1370. The lowest BCUT2D eigenvalue weighted by Crippen LogP contribution is -2.55. The summed E-state index contributed by atoms with van der Waals surface area (Å²) in [5.41, 5.74) is -2.28. The maximum Gasteiger partial charge on any atom is 0.339 e. The molecule has 0 aliphatic rings. The van der Waals surface area contributed by atoms with Gasteiger partial charge in [0.1, 0.15) is 6.10 Å². The van der Waals surface area contributed by atoms with Gasteiger partial charge in [0.05, 0.1) is 25.2 Å². The molecule has 0 radical (unpaired) electrons. The van der Waals surface area contributed by atoms with Crippen LogP contribution < -0.4 is 17.1 Å². The van der Waals surface area contributed by atoms with Gasteiger partial charge in [0.2, 0.25) is 0 Å². The third-order valence-electron chi connectivity index (χ3n) is 5.01. The Morgan fingerprint density at radius 1 is 0.906 bits per heavy atom. The maximum atomic E-state index is 12.9. The number of rotatable bonds is 7. The molecular formula is C24H21N3O5. The molecule has 32 heavy (non-hydrogen) atoms. The van der Waals surface area contributed by atoms with Crippen LogP contribution in [0.1, 0.15) is 23.7 Å². The van der Waals surface area contributed by atoms with Crippen molar-refractivity contribution < 1.29 is 9.53 Å². The molecule has 0 N–H and O–H groups in total. The first-order valence-electron chi connectivity index (χ1n) is 9.93. The van der Waals surface area contributed by atoms with E-state index in [1.165, 1.54) is 0 Å². The lowest BCUT2D eigenvalue weighted by Gasteiger charge is -2.19. The van der Waals surface area contributed by atoms with Crippen LogP contribution in [-0.2, 0) is 24.4 Å². The van der Waals surface area contributed by atoms with Crippen molar-refractivity contribution in [1.29, 1.82) is 0 Å². The summed E-state index contributed by atoms with van der Waals surface area (Å²) in [5.74, 6) is 3.85. The molecule has 2 aromatic carbocycles. The Labute approximate surface area is 183 Å². The molecular weight excluding hydrogens is 410 g/mol. The second-order valence-corrected chi connectivity index (χ2v) is 7.00. The molecule has 0 saturated carbocycles. The van der Waals surface area contributed by atoms with Crippen molar-refractivity contribution in [2.24, 2.45) is 0 Å². The van der Waals surface area contributed by atoms with Gasteiger partial charge in [-0.25, -0.2) is 32.9 Å². The maximum absolute atomic E-state index is 12.9. The highest BCUT2D eigenvalue weighted by molar-refractivity contribution is 6.04. The summed E-state index contributed by atoms with van der Waals surface area (Å²) in [4.78, 5) is 50.8. The van der Waals surface area contributed by atoms with Gasteiger partial charge < -0.3 is 4.74 Å². The fourth-order valence-corrected chi connectivity index (χ4v) is 3.36. The molecule has 3 aromatic rings. The Hall–Kier alpha value is -4.30. The lowest BCUT2D eigenvalue weighted by atomic mass is 10.0. The van der Waals surface area contributed by atoms with Crippen molar-refractivity contribution in [2.75, 3.05) is 0 Å². The van der Waals surface area contributed by atoms with Gasteiger partial charge in [-0.3, -0.25) is 0 Å². The molecule has 0 fully saturated rings. The third kappa shape index (κ3) is 4.26. The van der Waals surface area contributed by atoms with Crippen LogP contribution >= 0.6 is 0 Å². The van der Waals surface area contributed by atoms with Gasteiger partial charge >= 0.3 is 23.0 Å². The minimum Gasteiger partial charge on any atom is -0.457 e. The van der Waals surface area contributed by atoms with Crippen LogP contribution in [0, 0.1) is 24.7 Å². The highest BCUT2D eigenvalue weighted by Gasteiger charge is 2.21. The Morgan fingerprint density at radius 2 is 1.47 bits per heavy atom. The Balaban J connectivity index is 1.98. The van der Waals surface area contributed by atoms with E-state index in [4.69, 9.17) is 17.6 Å². The van der Waals surface area contributed by atoms with Gasteiger partial charge in [-0.1, -0.05) is 55.2 Å². The zero-order valence-corrected chi connectivity index (χ0v) is 17.5. The summed E-state index contributed by atoms with van der Waals surface area (Å²) in [6, 6.07) is 12.7. The molecule has 0 spiro atoms. The smallest absolute Gasteiger partial charge is 0.339 e. The minimum absolute atomic E-state index is 0.250. The van der Waals surface area contributed by atoms with Gasteiger partial charge in [-0.05, 0) is 23.3 Å². The molecule has 8 nitrogen and oxygen atoms in total. The Kier molecular flexibility index (Phi) is 6.77. The second-order valence-electron chi connectivity index (χ2n) is 7.00. The molecule has 0 aliphatic carbocycles. The van der Waals surface area contributed by atoms with E-state index in [9.17, 15) is 19.2 Å². The first-order chi connectivity index (χ1) is 15.4. The first kappa shape index (κ1) is 22.4. The van der Waals surface area contributed by atoms with E-state index in [-0.39, 0.29) is 19.6 Å². The highest BCUT2D eigenvalue weighted by Crippen LogP contribution is 2.20. The number of aromatic nitrogens is 3. The minimum atomic E-state index is -0.883. The van der Waals surface area contributed by atoms with Crippen molar-refractivity contribution in [3.05, 3.63) is 79.5 Å². The SMILES string of the molecule is C#CCn1c(=O)n(CC#C)c(=O)n(CC(CC)OC(=O)c2cccc3ccccc23)c1=O. The molecule has 0 amide bonds. The van der Waals surface area contributed by atoms with E-state index in [0.29, 0.717) is 12.0 Å². The van der Waals surface area contributed by atoms with Gasteiger partial charge in [0.15, 0.2) is 0 Å². The number of esters is 1. The first-order valence-corrected chi connectivity index (χ1v) is 9.93. The largest absolute Gasteiger partial charge is 0.457 e. The van der Waals surface area contributed by atoms with Crippen molar-refractivity contribution in [3.63, 3.8) is 0 Å². The van der Waals surface area contributed by atoms with Crippen LogP contribution in [0.25, 0.3) is 10.8 Å². The summed E-state index contributed by atoms with van der Waals surface area (Å²) >= 11 is 0. The van der Waals surface area contributed by atoms with Gasteiger partial charge in [0, 0.05) is 0 Å². The average Bonchev–Trinajstić information content (AvgIpc) is 2.81. The molecule has 8 heteroatoms. The monoisotopic (exact) mass is 431 g/mol. The van der Waals surface area contributed by atoms with Crippen molar-refractivity contribution >= 4 is 16.7 Å². The fraction of sp³-hybridized carbons (Fsp3) is 0.250. The molecule has 1 unspecified atom stereocenters. The number of benzene rings is 2. The van der Waals surface area contributed by atoms with E-state index in [1.54, 1.807) is 19.1 Å². The van der Waals surface area contributed by atoms with Gasteiger partial charge in [0.25, 0.3) is 0 Å². The zero-order chi connectivity index (χ0) is 23.3. The van der Waals surface area contributed by atoms with E-state index >= 15 is 0 Å². The molecule has 1 atom stereocenters. The standard InChI is InChI=1S/C24H21N3O5/c1-4-14-25-22(29)26(15-5-2)24(31)27(23(25)30)16-18(6-3)32-21(28)20-13-9-11-17-10-7-8-12-19(17)20/h1-2,7-13,18H,6,14-16H2,3H3. The number of fused-ring (bicyclic) bond motifs is 1. The second kappa shape index (κ2) is 9.67. The summed E-state index contributed by atoms with van der Waals surface area (Å²) in [7, 11) is 0. The molecule has 162 valence electrons. The zero-order valence-electron chi connectivity index (χ0n) is 17.5. The summed E-state index contributed by atoms with van der Waals surface area (Å²) in [6.07, 6.45) is 10.0.